The van der Waals surface area contributed by atoms with Crippen molar-refractivity contribution in [2.45, 2.75) is 18.9 Å². The van der Waals surface area contributed by atoms with E-state index in [4.69, 9.17) is 4.74 Å². The highest BCUT2D eigenvalue weighted by Crippen LogP contribution is 2.18. The highest BCUT2D eigenvalue weighted by atomic mass is 32.1. The number of hydrogen-bond acceptors (Lipinski definition) is 3. The number of urea groups is 1. The molecular weight excluding hydrogens is 296 g/mol. The predicted octanol–water partition coefficient (Wildman–Crippen LogP) is 3.37. The van der Waals surface area contributed by atoms with E-state index in [0.717, 1.165) is 18.4 Å². The van der Waals surface area contributed by atoms with Gasteiger partial charge in [-0.1, -0.05) is 30.3 Å². The first-order valence-electron chi connectivity index (χ1n) is 7.40. The van der Waals surface area contributed by atoms with Crippen LogP contribution in [0.25, 0.3) is 0 Å². The number of hydrogen-bond donors (Lipinski definition) is 2. The fourth-order valence-electron chi connectivity index (χ4n) is 2.18. The maximum absolute atomic E-state index is 11.8. The maximum Gasteiger partial charge on any atom is 0.314 e. The van der Waals surface area contributed by atoms with Gasteiger partial charge < -0.3 is 15.4 Å². The van der Waals surface area contributed by atoms with Gasteiger partial charge in [0, 0.05) is 20.2 Å². The molecule has 0 spiro atoms. The lowest BCUT2D eigenvalue weighted by Crippen LogP contribution is -2.38. The summed E-state index contributed by atoms with van der Waals surface area (Å²) >= 11 is 1.62. The Kier molecular flexibility index (Phi) is 6.93. The average molecular weight is 318 g/mol. The van der Waals surface area contributed by atoms with Crippen LogP contribution in [-0.2, 0) is 11.2 Å². The van der Waals surface area contributed by atoms with E-state index in [1.165, 1.54) is 5.56 Å². The third kappa shape index (κ3) is 5.50. The summed E-state index contributed by atoms with van der Waals surface area (Å²) in [6.07, 6.45) is 1.80. The molecule has 0 saturated carbocycles. The molecule has 0 aliphatic carbocycles. The van der Waals surface area contributed by atoms with Crippen molar-refractivity contribution in [2.24, 2.45) is 0 Å². The molecule has 2 rings (SSSR count). The summed E-state index contributed by atoms with van der Waals surface area (Å²) in [7, 11) is 1.65. The van der Waals surface area contributed by atoms with E-state index >= 15 is 0 Å². The third-order valence-corrected chi connectivity index (χ3v) is 4.12. The lowest BCUT2D eigenvalue weighted by molar-refractivity contribution is 0.104. The van der Waals surface area contributed by atoms with E-state index in [1.54, 1.807) is 18.4 Å². The number of carbonyl (C=O) groups is 1. The van der Waals surface area contributed by atoms with Crippen LogP contribution in [0.15, 0.2) is 47.2 Å². The minimum atomic E-state index is -0.148. The fourth-order valence-corrected chi connectivity index (χ4v) is 2.88. The molecule has 0 bridgehead atoms. The molecule has 1 unspecified atom stereocenters. The van der Waals surface area contributed by atoms with Crippen LogP contribution in [0.2, 0.25) is 0 Å². The lowest BCUT2D eigenvalue weighted by Gasteiger charge is -2.15. The molecule has 1 aromatic heterocycles. The summed E-state index contributed by atoms with van der Waals surface area (Å²) in [5.41, 5.74) is 2.39. The van der Waals surface area contributed by atoms with Crippen LogP contribution >= 0.6 is 11.3 Å². The van der Waals surface area contributed by atoms with Crippen LogP contribution in [0.4, 0.5) is 4.79 Å². The van der Waals surface area contributed by atoms with E-state index < -0.39 is 0 Å². The van der Waals surface area contributed by atoms with Gasteiger partial charge in [-0.05, 0) is 40.8 Å². The smallest absolute Gasteiger partial charge is 0.314 e. The van der Waals surface area contributed by atoms with Gasteiger partial charge in [0.25, 0.3) is 0 Å². The Bertz CT molecular complexity index is 543. The fraction of sp³-hybridized carbons (Fsp3) is 0.353. The zero-order valence-corrected chi connectivity index (χ0v) is 13.6. The SMILES string of the molecule is COC(CNC(=O)NCCCc1ccccc1)c1ccsc1. The lowest BCUT2D eigenvalue weighted by atomic mass is 10.1. The molecule has 2 N–H and O–H groups in total. The Morgan fingerprint density at radius 3 is 2.73 bits per heavy atom. The molecule has 0 aliphatic rings. The Labute approximate surface area is 135 Å². The van der Waals surface area contributed by atoms with Crippen LogP contribution in [0.1, 0.15) is 23.7 Å². The van der Waals surface area contributed by atoms with Crippen molar-refractivity contribution < 1.29 is 9.53 Å². The second-order valence-corrected chi connectivity index (χ2v) is 5.79. The molecule has 1 aromatic carbocycles. The Hall–Kier alpha value is -1.85. The van der Waals surface area contributed by atoms with Gasteiger partial charge in [0.2, 0.25) is 0 Å². The van der Waals surface area contributed by atoms with Crippen molar-refractivity contribution in [3.8, 4) is 0 Å². The van der Waals surface area contributed by atoms with Crippen LogP contribution < -0.4 is 10.6 Å². The number of methoxy groups -OCH3 is 1. The zero-order valence-electron chi connectivity index (χ0n) is 12.7. The van der Waals surface area contributed by atoms with Crippen LogP contribution in [0.3, 0.4) is 0 Å². The molecule has 2 aromatic rings. The summed E-state index contributed by atoms with van der Waals surface area (Å²) < 4.78 is 5.39. The number of nitrogens with one attached hydrogen (secondary N) is 2. The molecule has 0 saturated heterocycles. The van der Waals surface area contributed by atoms with Gasteiger partial charge in [-0.3, -0.25) is 0 Å². The van der Waals surface area contributed by atoms with Crippen molar-refractivity contribution in [1.29, 1.82) is 0 Å². The molecule has 1 heterocycles. The first kappa shape index (κ1) is 16.5. The number of rotatable bonds is 8. The number of amides is 2. The zero-order chi connectivity index (χ0) is 15.6. The molecule has 5 heteroatoms. The summed E-state index contributed by atoms with van der Waals surface area (Å²) in [6.45, 7) is 1.13. The quantitative estimate of drug-likeness (QED) is 0.733. The Morgan fingerprint density at radius 2 is 2.05 bits per heavy atom. The van der Waals surface area contributed by atoms with E-state index in [0.29, 0.717) is 13.1 Å². The van der Waals surface area contributed by atoms with Crippen molar-refractivity contribution >= 4 is 17.4 Å². The van der Waals surface area contributed by atoms with Gasteiger partial charge >= 0.3 is 6.03 Å². The van der Waals surface area contributed by atoms with Crippen molar-refractivity contribution in [3.63, 3.8) is 0 Å². The number of thiophene rings is 1. The highest BCUT2D eigenvalue weighted by molar-refractivity contribution is 7.07. The first-order valence-corrected chi connectivity index (χ1v) is 8.34. The van der Waals surface area contributed by atoms with Crippen molar-refractivity contribution in [2.75, 3.05) is 20.2 Å². The average Bonchev–Trinajstić information content (AvgIpc) is 3.07. The van der Waals surface area contributed by atoms with Crippen molar-refractivity contribution in [1.82, 2.24) is 10.6 Å². The normalized spacial score (nSPS) is 11.9. The van der Waals surface area contributed by atoms with E-state index in [9.17, 15) is 4.79 Å². The second-order valence-electron chi connectivity index (χ2n) is 5.01. The molecule has 2 amide bonds. The van der Waals surface area contributed by atoms with Crippen LogP contribution in [-0.4, -0.2) is 26.2 Å². The van der Waals surface area contributed by atoms with E-state index in [1.807, 2.05) is 35.0 Å². The molecular formula is C17H22N2O2S. The predicted molar refractivity (Wildman–Crippen MR) is 90.2 cm³/mol. The van der Waals surface area contributed by atoms with Gasteiger partial charge in [-0.2, -0.15) is 11.3 Å². The summed E-state index contributed by atoms with van der Waals surface area (Å²) in [6, 6.07) is 12.1. The number of aryl methyl sites for hydroxylation is 1. The third-order valence-electron chi connectivity index (χ3n) is 3.42. The first-order chi connectivity index (χ1) is 10.8. The van der Waals surface area contributed by atoms with Gasteiger partial charge in [0.05, 0.1) is 0 Å². The summed E-state index contributed by atoms with van der Waals surface area (Å²) in [4.78, 5) is 11.8. The highest BCUT2D eigenvalue weighted by Gasteiger charge is 2.11. The largest absolute Gasteiger partial charge is 0.375 e. The van der Waals surface area contributed by atoms with Gasteiger partial charge in [0.1, 0.15) is 6.10 Å². The summed E-state index contributed by atoms with van der Waals surface area (Å²) in [5.74, 6) is 0. The standard InChI is InChI=1S/C17H22N2O2S/c1-21-16(15-9-11-22-13-15)12-19-17(20)18-10-5-8-14-6-3-2-4-7-14/h2-4,6-7,9,11,13,16H,5,8,10,12H2,1H3,(H2,18,19,20). The van der Waals surface area contributed by atoms with E-state index in [-0.39, 0.29) is 12.1 Å². The molecule has 0 fully saturated rings. The van der Waals surface area contributed by atoms with E-state index in [2.05, 4.69) is 22.8 Å². The minimum Gasteiger partial charge on any atom is -0.375 e. The van der Waals surface area contributed by atoms with Crippen molar-refractivity contribution in [3.05, 3.63) is 58.3 Å². The Morgan fingerprint density at radius 1 is 1.23 bits per heavy atom. The number of benzene rings is 1. The van der Waals surface area contributed by atoms with Crippen LogP contribution in [0, 0.1) is 0 Å². The minimum absolute atomic E-state index is 0.0960. The van der Waals surface area contributed by atoms with Gasteiger partial charge in [-0.25, -0.2) is 4.79 Å². The Balaban J connectivity index is 1.61. The maximum atomic E-state index is 11.8. The van der Waals surface area contributed by atoms with Crippen LogP contribution in [0.5, 0.6) is 0 Å². The number of carbonyl (C=O) groups excluding carboxylic acids is 1. The molecule has 0 radical (unpaired) electrons. The van der Waals surface area contributed by atoms with Gasteiger partial charge in [0.15, 0.2) is 0 Å². The second kappa shape index (κ2) is 9.23. The molecule has 22 heavy (non-hydrogen) atoms. The molecule has 4 nitrogen and oxygen atoms in total. The molecule has 1 atom stereocenters. The van der Waals surface area contributed by atoms with Gasteiger partial charge in [-0.15, -0.1) is 0 Å². The molecule has 0 aliphatic heterocycles. The molecule has 118 valence electrons. The number of ether oxygens (including phenoxy) is 1. The monoisotopic (exact) mass is 318 g/mol. The summed E-state index contributed by atoms with van der Waals surface area (Å²) in [5, 5.41) is 9.77. The topological polar surface area (TPSA) is 50.4 Å².